The maximum atomic E-state index is 10.4. The van der Waals surface area contributed by atoms with Crippen LogP contribution in [-0.2, 0) is 15.9 Å². The van der Waals surface area contributed by atoms with E-state index in [0.717, 1.165) is 0 Å². The van der Waals surface area contributed by atoms with Crippen LogP contribution in [0.4, 0.5) is 0 Å². The Kier molecular flexibility index (Phi) is 7.25. The van der Waals surface area contributed by atoms with Gasteiger partial charge in [0.05, 0.1) is 5.25 Å². The maximum absolute atomic E-state index is 10.4. The molecule has 0 radical (unpaired) electrons. The van der Waals surface area contributed by atoms with E-state index in [1.54, 1.807) is 30.3 Å². The number of thiol groups is 1. The third-order valence-electron chi connectivity index (χ3n) is 3.42. The zero-order chi connectivity index (χ0) is 18.1. The SMILES string of the molecule is O=S(=O)(O)Cc1ccccc1.SC(c1ccccc1)c1ccccc1. The summed E-state index contributed by atoms with van der Waals surface area (Å²) in [6, 6.07) is 29.1. The van der Waals surface area contributed by atoms with Gasteiger partial charge < -0.3 is 0 Å². The van der Waals surface area contributed by atoms with Crippen LogP contribution in [0.15, 0.2) is 91.0 Å². The lowest BCUT2D eigenvalue weighted by molar-refractivity contribution is 0.482. The second-order valence-electron chi connectivity index (χ2n) is 5.44. The summed E-state index contributed by atoms with van der Waals surface area (Å²) in [6.07, 6.45) is 0. The highest BCUT2D eigenvalue weighted by Crippen LogP contribution is 2.27. The van der Waals surface area contributed by atoms with Crippen LogP contribution in [0.1, 0.15) is 21.9 Å². The molecule has 3 rings (SSSR count). The average molecular weight is 373 g/mol. The molecule has 0 unspecified atom stereocenters. The Labute approximate surface area is 154 Å². The largest absolute Gasteiger partial charge is 0.285 e. The summed E-state index contributed by atoms with van der Waals surface area (Å²) in [7, 11) is -3.88. The first-order chi connectivity index (χ1) is 12.0. The van der Waals surface area contributed by atoms with Crippen LogP contribution < -0.4 is 0 Å². The lowest BCUT2D eigenvalue weighted by atomic mass is 10.0. The Morgan fingerprint density at radius 1 is 0.720 bits per heavy atom. The Morgan fingerprint density at radius 2 is 1.08 bits per heavy atom. The minimum Gasteiger partial charge on any atom is -0.285 e. The van der Waals surface area contributed by atoms with E-state index in [2.05, 4.69) is 36.9 Å². The van der Waals surface area contributed by atoms with Crippen LogP contribution in [-0.4, -0.2) is 13.0 Å². The van der Waals surface area contributed by atoms with Gasteiger partial charge in [-0.3, -0.25) is 4.55 Å². The second-order valence-corrected chi connectivity index (χ2v) is 7.40. The highest BCUT2D eigenvalue weighted by atomic mass is 32.2. The first kappa shape index (κ1) is 19.2. The van der Waals surface area contributed by atoms with Gasteiger partial charge in [0.1, 0.15) is 5.75 Å². The van der Waals surface area contributed by atoms with Crippen LogP contribution in [0.2, 0.25) is 0 Å². The third kappa shape index (κ3) is 7.13. The van der Waals surface area contributed by atoms with E-state index in [1.807, 2.05) is 36.4 Å². The summed E-state index contributed by atoms with van der Waals surface area (Å²) in [5, 5.41) is 0.178. The van der Waals surface area contributed by atoms with E-state index in [9.17, 15) is 8.42 Å². The van der Waals surface area contributed by atoms with Crippen molar-refractivity contribution in [2.45, 2.75) is 11.0 Å². The summed E-state index contributed by atoms with van der Waals surface area (Å²) in [4.78, 5) is 0. The number of rotatable bonds is 4. The molecule has 0 aliphatic heterocycles. The summed E-state index contributed by atoms with van der Waals surface area (Å²) >= 11 is 4.61. The Balaban J connectivity index is 0.000000186. The molecule has 25 heavy (non-hydrogen) atoms. The molecule has 0 bridgehead atoms. The highest BCUT2D eigenvalue weighted by molar-refractivity contribution is 7.85. The van der Waals surface area contributed by atoms with E-state index in [4.69, 9.17) is 4.55 Å². The van der Waals surface area contributed by atoms with E-state index in [1.165, 1.54) is 11.1 Å². The Morgan fingerprint density at radius 3 is 1.44 bits per heavy atom. The van der Waals surface area contributed by atoms with Gasteiger partial charge in [0.25, 0.3) is 10.1 Å². The van der Waals surface area contributed by atoms with Crippen LogP contribution in [0.5, 0.6) is 0 Å². The Hall–Kier alpha value is -2.08. The van der Waals surface area contributed by atoms with Gasteiger partial charge in [-0.25, -0.2) is 0 Å². The zero-order valence-electron chi connectivity index (χ0n) is 13.6. The molecule has 0 amide bonds. The van der Waals surface area contributed by atoms with Gasteiger partial charge in [-0.2, -0.15) is 21.0 Å². The third-order valence-corrected chi connectivity index (χ3v) is 4.72. The number of hydrogen-bond donors (Lipinski definition) is 2. The molecule has 0 saturated carbocycles. The van der Waals surface area contributed by atoms with E-state index in [0.29, 0.717) is 5.56 Å². The predicted octanol–water partition coefficient (Wildman–Crippen LogP) is 4.78. The molecule has 0 spiro atoms. The van der Waals surface area contributed by atoms with Crippen molar-refractivity contribution in [3.8, 4) is 0 Å². The normalized spacial score (nSPS) is 10.8. The van der Waals surface area contributed by atoms with Crippen molar-refractivity contribution in [2.24, 2.45) is 0 Å². The molecule has 130 valence electrons. The highest BCUT2D eigenvalue weighted by Gasteiger charge is 2.07. The lowest BCUT2D eigenvalue weighted by Crippen LogP contribution is -2.00. The molecule has 1 N–H and O–H groups in total. The summed E-state index contributed by atoms with van der Waals surface area (Å²) in [5.41, 5.74) is 3.07. The maximum Gasteiger partial charge on any atom is 0.269 e. The van der Waals surface area contributed by atoms with Crippen molar-refractivity contribution in [3.05, 3.63) is 108 Å². The molecule has 3 nitrogen and oxygen atoms in total. The zero-order valence-corrected chi connectivity index (χ0v) is 15.3. The minimum absolute atomic E-state index is 0.178. The standard InChI is InChI=1S/C13H12S.C7H8O3S/c14-13(11-7-3-1-4-8-11)12-9-5-2-6-10-12;8-11(9,10)6-7-4-2-1-3-5-7/h1-10,13-14H;1-5H,6H2,(H,8,9,10). The van der Waals surface area contributed by atoms with Gasteiger partial charge in [-0.1, -0.05) is 91.0 Å². The molecular formula is C20H20O3S2. The fraction of sp³-hybridized carbons (Fsp3) is 0.100. The molecular weight excluding hydrogens is 352 g/mol. The summed E-state index contributed by atoms with van der Waals surface area (Å²) in [6.45, 7) is 0. The van der Waals surface area contributed by atoms with Gasteiger partial charge in [-0.15, -0.1) is 0 Å². The monoisotopic (exact) mass is 372 g/mol. The number of hydrogen-bond acceptors (Lipinski definition) is 3. The van der Waals surface area contributed by atoms with Crippen LogP contribution in [0, 0.1) is 0 Å². The van der Waals surface area contributed by atoms with Crippen LogP contribution in [0.3, 0.4) is 0 Å². The van der Waals surface area contributed by atoms with Gasteiger partial charge in [-0.05, 0) is 16.7 Å². The molecule has 0 atom stereocenters. The van der Waals surface area contributed by atoms with Crippen molar-refractivity contribution in [3.63, 3.8) is 0 Å². The van der Waals surface area contributed by atoms with Gasteiger partial charge >= 0.3 is 0 Å². The summed E-state index contributed by atoms with van der Waals surface area (Å²) in [5.74, 6) is -0.312. The first-order valence-electron chi connectivity index (χ1n) is 7.73. The molecule has 0 aromatic heterocycles. The molecule has 0 fully saturated rings. The van der Waals surface area contributed by atoms with E-state index < -0.39 is 10.1 Å². The lowest BCUT2D eigenvalue weighted by Gasteiger charge is -2.10. The van der Waals surface area contributed by atoms with Crippen molar-refractivity contribution in [1.29, 1.82) is 0 Å². The first-order valence-corrected chi connectivity index (χ1v) is 9.85. The molecule has 0 aliphatic carbocycles. The smallest absolute Gasteiger partial charge is 0.269 e. The topological polar surface area (TPSA) is 54.4 Å². The van der Waals surface area contributed by atoms with Crippen LogP contribution in [0.25, 0.3) is 0 Å². The van der Waals surface area contributed by atoms with Gasteiger partial charge in [0.15, 0.2) is 0 Å². The molecule has 5 heteroatoms. The second kappa shape index (κ2) is 9.42. The van der Waals surface area contributed by atoms with Crippen molar-refractivity contribution < 1.29 is 13.0 Å². The minimum atomic E-state index is -3.88. The van der Waals surface area contributed by atoms with E-state index in [-0.39, 0.29) is 11.0 Å². The molecule has 0 saturated heterocycles. The fourth-order valence-electron chi connectivity index (χ4n) is 2.25. The van der Waals surface area contributed by atoms with Crippen molar-refractivity contribution in [1.82, 2.24) is 0 Å². The number of benzene rings is 3. The van der Waals surface area contributed by atoms with Gasteiger partial charge in [0, 0.05) is 0 Å². The van der Waals surface area contributed by atoms with E-state index >= 15 is 0 Å². The van der Waals surface area contributed by atoms with Crippen LogP contribution >= 0.6 is 12.6 Å². The average Bonchev–Trinajstić information content (AvgIpc) is 2.63. The molecule has 0 aliphatic rings. The molecule has 3 aromatic rings. The molecule has 0 heterocycles. The molecule has 3 aromatic carbocycles. The van der Waals surface area contributed by atoms with Crippen molar-refractivity contribution >= 4 is 22.7 Å². The predicted molar refractivity (Wildman–Crippen MR) is 105 cm³/mol. The quantitative estimate of drug-likeness (QED) is 0.512. The Bertz CT molecular complexity index is 810. The summed E-state index contributed by atoms with van der Waals surface area (Å²) < 4.78 is 29.2. The van der Waals surface area contributed by atoms with Crippen molar-refractivity contribution in [2.75, 3.05) is 0 Å². The fourth-order valence-corrected chi connectivity index (χ4v) is 3.21. The van der Waals surface area contributed by atoms with Gasteiger partial charge in [0.2, 0.25) is 0 Å².